The Balaban J connectivity index is 2.33. The normalized spacial score (nSPS) is 21.3. The fourth-order valence-electron chi connectivity index (χ4n) is 1.20. The molecular weight excluding hydrogens is 126 g/mol. The van der Waals surface area contributed by atoms with Crippen LogP contribution in [0, 0.1) is 0 Å². The Bertz CT molecular complexity index is 121. The Morgan fingerprint density at radius 3 is 2.40 bits per heavy atom. The molecule has 1 aliphatic heterocycles. The zero-order chi connectivity index (χ0) is 7.40. The van der Waals surface area contributed by atoms with Crippen LogP contribution in [0.2, 0.25) is 0 Å². The first-order chi connectivity index (χ1) is 4.79. The van der Waals surface area contributed by atoms with E-state index >= 15 is 0 Å². The van der Waals surface area contributed by atoms with Gasteiger partial charge in [-0.05, 0) is 26.2 Å². The van der Waals surface area contributed by atoms with E-state index in [9.17, 15) is 0 Å². The number of rotatable bonds is 1. The largest absolute Gasteiger partial charge is 0.386 e. The van der Waals surface area contributed by atoms with Crippen LogP contribution in [0.25, 0.3) is 0 Å². The van der Waals surface area contributed by atoms with Crippen LogP contribution in [0.15, 0.2) is 5.10 Å². The van der Waals surface area contributed by atoms with Gasteiger partial charge in [0.05, 0.1) is 0 Å². The van der Waals surface area contributed by atoms with Gasteiger partial charge in [-0.1, -0.05) is 0 Å². The van der Waals surface area contributed by atoms with Crippen LogP contribution in [0.5, 0.6) is 0 Å². The fourth-order valence-corrected chi connectivity index (χ4v) is 1.20. The molecule has 0 unspecified atom stereocenters. The van der Waals surface area contributed by atoms with Crippen LogP contribution in [0.1, 0.15) is 26.2 Å². The molecule has 0 bridgehead atoms. The van der Waals surface area contributed by atoms with Crippen molar-refractivity contribution in [3.05, 3.63) is 0 Å². The Morgan fingerprint density at radius 2 is 1.90 bits per heavy atom. The fraction of sp³-hybridized carbons (Fsp3) is 0.857. The summed E-state index contributed by atoms with van der Waals surface area (Å²) < 4.78 is 0. The summed E-state index contributed by atoms with van der Waals surface area (Å²) in [5.41, 5.74) is 5.43. The number of hydrogen-bond donors (Lipinski definition) is 1. The maximum absolute atomic E-state index is 5.43. The molecule has 0 radical (unpaired) electrons. The molecule has 3 heteroatoms. The van der Waals surface area contributed by atoms with Gasteiger partial charge in [0.2, 0.25) is 0 Å². The van der Waals surface area contributed by atoms with Gasteiger partial charge in [0.25, 0.3) is 0 Å². The lowest BCUT2D eigenvalue weighted by molar-refractivity contribution is 0.239. The zero-order valence-corrected chi connectivity index (χ0v) is 6.51. The molecule has 2 N–H and O–H groups in total. The maximum atomic E-state index is 5.43. The Kier molecular flexibility index (Phi) is 2.54. The molecule has 0 aliphatic carbocycles. The number of nitrogens with zero attached hydrogens (tertiary/aromatic N) is 2. The van der Waals surface area contributed by atoms with Crippen molar-refractivity contribution in [1.82, 2.24) is 5.01 Å². The molecule has 1 saturated heterocycles. The zero-order valence-electron chi connectivity index (χ0n) is 6.51. The summed E-state index contributed by atoms with van der Waals surface area (Å²) in [5, 5.41) is 6.22. The van der Waals surface area contributed by atoms with Crippen LogP contribution in [0.3, 0.4) is 0 Å². The molecule has 1 heterocycles. The first-order valence-electron chi connectivity index (χ1n) is 3.84. The highest BCUT2D eigenvalue weighted by atomic mass is 15.5. The minimum Gasteiger partial charge on any atom is -0.386 e. The lowest BCUT2D eigenvalue weighted by atomic mass is 10.2. The van der Waals surface area contributed by atoms with Gasteiger partial charge < -0.3 is 5.73 Å². The summed E-state index contributed by atoms with van der Waals surface area (Å²) in [7, 11) is 0. The maximum Gasteiger partial charge on any atom is 0.116 e. The molecule has 10 heavy (non-hydrogen) atoms. The first kappa shape index (κ1) is 7.38. The van der Waals surface area contributed by atoms with Crippen LogP contribution in [-0.2, 0) is 0 Å². The first-order valence-corrected chi connectivity index (χ1v) is 3.84. The summed E-state index contributed by atoms with van der Waals surface area (Å²) in [6.45, 7) is 3.98. The molecule has 0 saturated carbocycles. The van der Waals surface area contributed by atoms with Gasteiger partial charge >= 0.3 is 0 Å². The quantitative estimate of drug-likeness (QED) is 0.433. The van der Waals surface area contributed by atoms with Crippen LogP contribution in [0.4, 0.5) is 0 Å². The molecule has 0 amide bonds. The standard InChI is InChI=1S/C7H15N3/c1-7(8)9-10-5-3-2-4-6-10/h2-6H2,1H3,(H2,8,9). The van der Waals surface area contributed by atoms with Gasteiger partial charge in [-0.2, -0.15) is 5.10 Å². The average molecular weight is 141 g/mol. The van der Waals surface area contributed by atoms with E-state index in [0.29, 0.717) is 5.84 Å². The van der Waals surface area contributed by atoms with Crippen LogP contribution < -0.4 is 5.73 Å². The van der Waals surface area contributed by atoms with Crippen LogP contribution >= 0.6 is 0 Å². The van der Waals surface area contributed by atoms with Crippen molar-refractivity contribution in [3.63, 3.8) is 0 Å². The predicted molar refractivity (Wildman–Crippen MR) is 42.7 cm³/mol. The Morgan fingerprint density at radius 1 is 1.30 bits per heavy atom. The average Bonchev–Trinajstić information content (AvgIpc) is 1.88. The third kappa shape index (κ3) is 2.25. The number of piperidine rings is 1. The van der Waals surface area contributed by atoms with Crippen molar-refractivity contribution < 1.29 is 0 Å². The van der Waals surface area contributed by atoms with E-state index in [-0.39, 0.29) is 0 Å². The summed E-state index contributed by atoms with van der Waals surface area (Å²) in [6, 6.07) is 0. The topological polar surface area (TPSA) is 41.6 Å². The molecule has 0 spiro atoms. The van der Waals surface area contributed by atoms with Crippen molar-refractivity contribution in [2.24, 2.45) is 10.8 Å². The van der Waals surface area contributed by atoms with Crippen LogP contribution in [-0.4, -0.2) is 23.9 Å². The Labute approximate surface area is 61.9 Å². The SMILES string of the molecule is CC(N)=NN1CCCCC1. The van der Waals surface area contributed by atoms with Gasteiger partial charge in [-0.3, -0.25) is 5.01 Å². The number of nitrogens with two attached hydrogens (primary N) is 1. The highest BCUT2D eigenvalue weighted by Crippen LogP contribution is 2.07. The predicted octanol–water partition coefficient (Wildman–Crippen LogP) is 0.764. The van der Waals surface area contributed by atoms with Crippen molar-refractivity contribution in [1.29, 1.82) is 0 Å². The summed E-state index contributed by atoms with van der Waals surface area (Å²) >= 11 is 0. The van der Waals surface area contributed by atoms with Gasteiger partial charge in [-0.15, -0.1) is 0 Å². The number of hydrazone groups is 1. The summed E-state index contributed by atoms with van der Waals surface area (Å²) in [6.07, 6.45) is 3.86. The number of hydrogen-bond acceptors (Lipinski definition) is 2. The lowest BCUT2D eigenvalue weighted by Crippen LogP contribution is -2.27. The van der Waals surface area contributed by atoms with E-state index in [0.717, 1.165) is 13.1 Å². The van der Waals surface area contributed by atoms with Crippen molar-refractivity contribution >= 4 is 5.84 Å². The highest BCUT2D eigenvalue weighted by Gasteiger charge is 2.06. The van der Waals surface area contributed by atoms with Crippen molar-refractivity contribution in [3.8, 4) is 0 Å². The minimum absolute atomic E-state index is 0.668. The smallest absolute Gasteiger partial charge is 0.116 e. The molecule has 0 atom stereocenters. The lowest BCUT2D eigenvalue weighted by Gasteiger charge is -2.23. The van der Waals surface area contributed by atoms with Gasteiger partial charge in [0.1, 0.15) is 5.84 Å². The van der Waals surface area contributed by atoms with E-state index < -0.39 is 0 Å². The molecule has 1 aliphatic rings. The molecule has 1 rings (SSSR count). The third-order valence-electron chi connectivity index (χ3n) is 1.63. The molecule has 58 valence electrons. The second-order valence-electron chi connectivity index (χ2n) is 2.76. The molecule has 0 aromatic rings. The van der Waals surface area contributed by atoms with Crippen molar-refractivity contribution in [2.75, 3.05) is 13.1 Å². The van der Waals surface area contributed by atoms with E-state index in [4.69, 9.17) is 5.73 Å². The molecular formula is C7H15N3. The monoisotopic (exact) mass is 141 g/mol. The van der Waals surface area contributed by atoms with E-state index in [2.05, 4.69) is 10.1 Å². The third-order valence-corrected chi connectivity index (χ3v) is 1.63. The van der Waals surface area contributed by atoms with E-state index in [1.807, 2.05) is 6.92 Å². The number of amidine groups is 1. The summed E-state index contributed by atoms with van der Waals surface area (Å²) in [4.78, 5) is 0. The highest BCUT2D eigenvalue weighted by molar-refractivity contribution is 5.77. The summed E-state index contributed by atoms with van der Waals surface area (Å²) in [5.74, 6) is 0.668. The molecule has 3 nitrogen and oxygen atoms in total. The molecule has 0 aromatic heterocycles. The van der Waals surface area contributed by atoms with Crippen molar-refractivity contribution in [2.45, 2.75) is 26.2 Å². The molecule has 0 aromatic carbocycles. The van der Waals surface area contributed by atoms with Gasteiger partial charge in [0.15, 0.2) is 0 Å². The molecule has 1 fully saturated rings. The minimum atomic E-state index is 0.668. The Hall–Kier alpha value is -0.730. The van der Waals surface area contributed by atoms with Gasteiger partial charge in [0, 0.05) is 13.1 Å². The second-order valence-corrected chi connectivity index (χ2v) is 2.76. The van der Waals surface area contributed by atoms with Gasteiger partial charge in [-0.25, -0.2) is 0 Å². The van der Waals surface area contributed by atoms with E-state index in [1.165, 1.54) is 19.3 Å². The second kappa shape index (κ2) is 3.44. The van der Waals surface area contributed by atoms with E-state index in [1.54, 1.807) is 0 Å².